The van der Waals surface area contributed by atoms with Gasteiger partial charge in [0, 0.05) is 0 Å². The van der Waals surface area contributed by atoms with Gasteiger partial charge in [-0.3, -0.25) is 23.7 Å². The number of phosphoric ester groups is 1. The zero-order chi connectivity index (χ0) is 21.1. The number of rotatable bonds is 10. The predicted octanol–water partition coefficient (Wildman–Crippen LogP) is -1.79. The van der Waals surface area contributed by atoms with Crippen LogP contribution in [0.5, 0.6) is 0 Å². The van der Waals surface area contributed by atoms with E-state index in [9.17, 15) is 28.4 Å². The summed E-state index contributed by atoms with van der Waals surface area (Å²) in [5, 5.41) is 0. The van der Waals surface area contributed by atoms with E-state index in [1.165, 1.54) is 0 Å². The van der Waals surface area contributed by atoms with E-state index < -0.39 is 40.1 Å². The second kappa shape index (κ2) is 8.38. The van der Waals surface area contributed by atoms with Crippen LogP contribution >= 0.6 is 15.6 Å². The molecule has 0 saturated heterocycles. The van der Waals surface area contributed by atoms with Crippen molar-refractivity contribution in [1.29, 1.82) is 0 Å². The number of imidazole rings is 1. The SMILES string of the molecule is Nc1nc2c(ncn2[C@@H](C=O)O[C@H](C=O)COP(=O)(O)OP(=O)(O)O)c(=O)[nH]1. The largest absolute Gasteiger partial charge is 0.481 e. The second-order valence-corrected chi connectivity index (χ2v) is 7.78. The van der Waals surface area contributed by atoms with Gasteiger partial charge in [-0.2, -0.15) is 9.29 Å². The van der Waals surface area contributed by atoms with Gasteiger partial charge < -0.3 is 29.9 Å². The molecule has 2 aromatic heterocycles. The minimum absolute atomic E-state index is 0.0850. The van der Waals surface area contributed by atoms with Gasteiger partial charge in [-0.1, -0.05) is 0 Å². The van der Waals surface area contributed by atoms with E-state index in [0.29, 0.717) is 0 Å². The Labute approximate surface area is 154 Å². The highest BCUT2D eigenvalue weighted by molar-refractivity contribution is 7.60. The zero-order valence-electron chi connectivity index (χ0n) is 13.5. The van der Waals surface area contributed by atoms with Gasteiger partial charge in [0.25, 0.3) is 5.56 Å². The number of hydrogen-bond donors (Lipinski definition) is 5. The highest BCUT2D eigenvalue weighted by Gasteiger charge is 2.33. The normalized spacial score (nSPS) is 16.4. The molecule has 0 radical (unpaired) electrons. The van der Waals surface area contributed by atoms with Gasteiger partial charge in [0.05, 0.1) is 12.9 Å². The molecule has 0 amide bonds. The van der Waals surface area contributed by atoms with E-state index in [1.807, 2.05) is 0 Å². The summed E-state index contributed by atoms with van der Waals surface area (Å²) in [5.41, 5.74) is 4.39. The fraction of sp³-hybridized carbons (Fsp3) is 0.300. The summed E-state index contributed by atoms with van der Waals surface area (Å²) < 4.78 is 35.8. The lowest BCUT2D eigenvalue weighted by molar-refractivity contribution is -0.139. The molecular weight excluding hydrogens is 428 g/mol. The predicted molar refractivity (Wildman–Crippen MR) is 87.5 cm³/mol. The Bertz CT molecular complexity index is 1030. The minimum Gasteiger partial charge on any atom is -0.369 e. The number of hydrogen-bond acceptors (Lipinski definition) is 11. The van der Waals surface area contributed by atoms with Crippen LogP contribution in [0.15, 0.2) is 11.1 Å². The number of aromatic nitrogens is 4. The molecule has 18 heteroatoms. The van der Waals surface area contributed by atoms with Gasteiger partial charge in [-0.05, 0) is 0 Å². The molecule has 1 unspecified atom stereocenters. The molecule has 0 aliphatic heterocycles. The van der Waals surface area contributed by atoms with Crippen molar-refractivity contribution in [3.63, 3.8) is 0 Å². The highest BCUT2D eigenvalue weighted by atomic mass is 31.3. The molecule has 3 atom stereocenters. The Morgan fingerprint density at radius 1 is 1.29 bits per heavy atom. The zero-order valence-corrected chi connectivity index (χ0v) is 15.3. The van der Waals surface area contributed by atoms with Gasteiger partial charge in [-0.25, -0.2) is 14.1 Å². The fourth-order valence-electron chi connectivity index (χ4n) is 1.91. The fourth-order valence-corrected chi connectivity index (χ4v) is 3.51. The summed E-state index contributed by atoms with van der Waals surface area (Å²) in [6.07, 6.45) is -1.96. The smallest absolute Gasteiger partial charge is 0.369 e. The van der Waals surface area contributed by atoms with Crippen LogP contribution < -0.4 is 11.3 Å². The summed E-state index contributed by atoms with van der Waals surface area (Å²) in [6.45, 7) is -1.01. The summed E-state index contributed by atoms with van der Waals surface area (Å²) in [4.78, 5) is 70.1. The number of anilines is 1. The van der Waals surface area contributed by atoms with Gasteiger partial charge in [0.1, 0.15) is 6.10 Å². The lowest BCUT2D eigenvalue weighted by atomic mass is 10.4. The lowest BCUT2D eigenvalue weighted by Crippen LogP contribution is -2.27. The van der Waals surface area contributed by atoms with Crippen LogP contribution in [0, 0.1) is 0 Å². The van der Waals surface area contributed by atoms with Crippen molar-refractivity contribution in [1.82, 2.24) is 19.5 Å². The molecule has 0 fully saturated rings. The third-order valence-corrected chi connectivity index (χ3v) is 5.07. The maximum atomic E-state index is 11.7. The average Bonchev–Trinajstić information content (AvgIpc) is 2.97. The number of carbonyl (C=O) groups excluding carboxylic acids is 2. The molecule has 16 nitrogen and oxygen atoms in total. The third-order valence-electron chi connectivity index (χ3n) is 2.92. The van der Waals surface area contributed by atoms with E-state index >= 15 is 0 Å². The quantitative estimate of drug-likeness (QED) is 0.202. The molecule has 0 spiro atoms. The summed E-state index contributed by atoms with van der Waals surface area (Å²) in [7, 11) is -10.6. The number of ether oxygens (including phenoxy) is 1. The molecule has 0 saturated carbocycles. The Balaban J connectivity index is 2.18. The van der Waals surface area contributed by atoms with Gasteiger partial charge in [0.2, 0.25) is 5.95 Å². The van der Waals surface area contributed by atoms with Gasteiger partial charge in [0.15, 0.2) is 30.0 Å². The number of carbonyl (C=O) groups is 2. The molecule has 0 aliphatic rings. The van der Waals surface area contributed by atoms with E-state index in [0.717, 1.165) is 10.9 Å². The average molecular weight is 441 g/mol. The van der Waals surface area contributed by atoms with Crippen molar-refractivity contribution in [3.8, 4) is 0 Å². The number of aromatic amines is 1. The number of H-pyrrole nitrogens is 1. The van der Waals surface area contributed by atoms with Crippen LogP contribution in [-0.4, -0.2) is 59.5 Å². The Kier molecular flexibility index (Phi) is 6.59. The van der Waals surface area contributed by atoms with E-state index in [1.54, 1.807) is 0 Å². The number of nitrogen functional groups attached to an aromatic ring is 1. The number of nitrogens with zero attached hydrogens (tertiary/aromatic N) is 3. The first kappa shape index (κ1) is 22.0. The Hall–Kier alpha value is -2.29. The van der Waals surface area contributed by atoms with Crippen LogP contribution in [-0.2, 0) is 32.3 Å². The molecule has 154 valence electrons. The first-order valence-electron chi connectivity index (χ1n) is 6.98. The van der Waals surface area contributed by atoms with Crippen LogP contribution in [0.3, 0.4) is 0 Å². The molecule has 28 heavy (non-hydrogen) atoms. The summed E-state index contributed by atoms with van der Waals surface area (Å²) in [5.74, 6) is -0.282. The Morgan fingerprint density at radius 2 is 1.96 bits per heavy atom. The van der Waals surface area contributed by atoms with Crippen molar-refractivity contribution in [2.75, 3.05) is 12.3 Å². The number of aldehydes is 2. The first-order valence-corrected chi connectivity index (χ1v) is 10.0. The van der Waals surface area contributed by atoms with Gasteiger partial charge >= 0.3 is 15.6 Å². The number of phosphoric acid groups is 2. The number of fused-ring (bicyclic) bond motifs is 1. The molecule has 2 rings (SSSR count). The topological polar surface area (TPSA) is 246 Å². The summed E-state index contributed by atoms with van der Waals surface area (Å²) >= 11 is 0. The van der Waals surface area contributed by atoms with Crippen molar-refractivity contribution in [3.05, 3.63) is 16.7 Å². The van der Waals surface area contributed by atoms with Crippen molar-refractivity contribution >= 4 is 45.3 Å². The first-order chi connectivity index (χ1) is 13.0. The van der Waals surface area contributed by atoms with Crippen LogP contribution in [0.4, 0.5) is 5.95 Å². The van der Waals surface area contributed by atoms with Crippen molar-refractivity contribution in [2.24, 2.45) is 0 Å². The number of nitrogens with two attached hydrogens (primary N) is 1. The highest BCUT2D eigenvalue weighted by Crippen LogP contribution is 2.57. The van der Waals surface area contributed by atoms with Gasteiger partial charge in [-0.15, -0.1) is 0 Å². The minimum atomic E-state index is -5.35. The summed E-state index contributed by atoms with van der Waals surface area (Å²) in [6, 6.07) is 0. The molecule has 0 aromatic carbocycles. The molecular formula is C10H13N5O11P2. The van der Waals surface area contributed by atoms with E-state index in [-0.39, 0.29) is 29.7 Å². The van der Waals surface area contributed by atoms with Crippen LogP contribution in [0.1, 0.15) is 6.23 Å². The van der Waals surface area contributed by atoms with Crippen LogP contribution in [0.25, 0.3) is 11.2 Å². The van der Waals surface area contributed by atoms with E-state index in [4.69, 9.17) is 20.3 Å². The maximum Gasteiger partial charge on any atom is 0.481 e. The molecule has 2 heterocycles. The standard InChI is InChI=1S/C10H13N5O11P2/c11-10-13-8-7(9(18)14-10)12-4-15(8)6(2-17)25-5(1-16)3-24-28(22,23)26-27(19,20)21/h1-2,4-6H,3H2,(H,22,23)(H2,19,20,21)(H3,11,13,14,18)/t5-,6-/m1/s1. The second-order valence-electron chi connectivity index (χ2n) is 4.95. The van der Waals surface area contributed by atoms with Crippen molar-refractivity contribution in [2.45, 2.75) is 12.3 Å². The monoisotopic (exact) mass is 441 g/mol. The lowest BCUT2D eigenvalue weighted by Gasteiger charge is -2.19. The molecule has 0 bridgehead atoms. The molecule has 6 N–H and O–H groups in total. The van der Waals surface area contributed by atoms with E-state index in [2.05, 4.69) is 23.8 Å². The molecule has 0 aliphatic carbocycles. The maximum absolute atomic E-state index is 11.7. The van der Waals surface area contributed by atoms with Crippen molar-refractivity contribution < 1.29 is 47.0 Å². The third kappa shape index (κ3) is 5.60. The number of nitrogens with one attached hydrogen (secondary N) is 1. The van der Waals surface area contributed by atoms with Crippen LogP contribution in [0.2, 0.25) is 0 Å². The Morgan fingerprint density at radius 3 is 2.54 bits per heavy atom. The molecule has 2 aromatic rings.